The number of carbonyl (C=O) groups excluding carboxylic acids is 1. The standard InChI is InChI=1S/C19H14Cl3N3O3S/c20-12-2-1-3-15(10-12)24-19(26)23-14-5-7-16(8-6-14)29(27,28)25-18-9-4-13(21)11-17(18)22/h1-11,25H,(H2,23,24,26). The van der Waals surface area contributed by atoms with E-state index < -0.39 is 16.1 Å². The monoisotopic (exact) mass is 469 g/mol. The first kappa shape index (κ1) is 21.3. The Morgan fingerprint density at radius 2 is 1.41 bits per heavy atom. The van der Waals surface area contributed by atoms with Crippen molar-refractivity contribution in [1.29, 1.82) is 0 Å². The molecule has 0 aliphatic rings. The number of hydrogen-bond acceptors (Lipinski definition) is 3. The molecule has 3 rings (SSSR count). The van der Waals surface area contributed by atoms with E-state index in [9.17, 15) is 13.2 Å². The minimum absolute atomic E-state index is 0.00400. The molecule has 150 valence electrons. The van der Waals surface area contributed by atoms with Crippen molar-refractivity contribution in [2.45, 2.75) is 4.90 Å². The number of anilines is 3. The van der Waals surface area contributed by atoms with Crippen molar-refractivity contribution >= 4 is 67.9 Å². The summed E-state index contributed by atoms with van der Waals surface area (Å²) in [6.45, 7) is 0. The number of halogens is 3. The second kappa shape index (κ2) is 8.92. The molecule has 0 unspecified atom stereocenters. The molecule has 10 heteroatoms. The Labute approximate surface area is 182 Å². The van der Waals surface area contributed by atoms with Crippen molar-refractivity contribution < 1.29 is 13.2 Å². The molecule has 3 aromatic carbocycles. The second-order valence-corrected chi connectivity index (χ2v) is 8.81. The number of benzene rings is 3. The quantitative estimate of drug-likeness (QED) is 0.421. The third-order valence-electron chi connectivity index (χ3n) is 3.68. The molecule has 0 saturated carbocycles. The fraction of sp³-hybridized carbons (Fsp3) is 0. The van der Waals surface area contributed by atoms with Crippen LogP contribution in [0.5, 0.6) is 0 Å². The normalized spacial score (nSPS) is 11.0. The molecule has 0 radical (unpaired) electrons. The van der Waals surface area contributed by atoms with Crippen LogP contribution in [0.4, 0.5) is 21.9 Å². The van der Waals surface area contributed by atoms with Gasteiger partial charge in [0.1, 0.15) is 0 Å². The van der Waals surface area contributed by atoms with Crippen molar-refractivity contribution in [2.75, 3.05) is 15.4 Å². The Balaban J connectivity index is 1.68. The van der Waals surface area contributed by atoms with Gasteiger partial charge in [0, 0.05) is 21.4 Å². The van der Waals surface area contributed by atoms with Gasteiger partial charge in [-0.15, -0.1) is 0 Å². The van der Waals surface area contributed by atoms with Crippen LogP contribution in [-0.4, -0.2) is 14.4 Å². The van der Waals surface area contributed by atoms with Gasteiger partial charge in [-0.25, -0.2) is 13.2 Å². The summed E-state index contributed by atoms with van der Waals surface area (Å²) in [7, 11) is -3.87. The van der Waals surface area contributed by atoms with Crippen molar-refractivity contribution in [3.05, 3.63) is 81.8 Å². The fourth-order valence-electron chi connectivity index (χ4n) is 2.35. The van der Waals surface area contributed by atoms with E-state index in [-0.39, 0.29) is 15.6 Å². The highest BCUT2D eigenvalue weighted by Gasteiger charge is 2.16. The number of carbonyl (C=O) groups is 1. The minimum Gasteiger partial charge on any atom is -0.308 e. The lowest BCUT2D eigenvalue weighted by atomic mass is 10.3. The zero-order chi connectivity index (χ0) is 21.0. The van der Waals surface area contributed by atoms with Crippen LogP contribution in [0, 0.1) is 0 Å². The minimum atomic E-state index is -3.87. The lowest BCUT2D eigenvalue weighted by Gasteiger charge is -2.11. The molecule has 0 aliphatic heterocycles. The molecule has 0 atom stereocenters. The molecule has 0 aliphatic carbocycles. The average Bonchev–Trinajstić information content (AvgIpc) is 2.64. The van der Waals surface area contributed by atoms with Crippen LogP contribution < -0.4 is 15.4 Å². The number of hydrogen-bond donors (Lipinski definition) is 3. The van der Waals surface area contributed by atoms with E-state index in [0.29, 0.717) is 21.4 Å². The lowest BCUT2D eigenvalue weighted by Crippen LogP contribution is -2.19. The summed E-state index contributed by atoms with van der Waals surface area (Å²) in [5.41, 5.74) is 1.14. The fourth-order valence-corrected chi connectivity index (χ4v) is 4.13. The van der Waals surface area contributed by atoms with Gasteiger partial charge in [0.25, 0.3) is 10.0 Å². The van der Waals surface area contributed by atoms with Gasteiger partial charge in [0.2, 0.25) is 0 Å². The van der Waals surface area contributed by atoms with Gasteiger partial charge < -0.3 is 10.6 Å². The largest absolute Gasteiger partial charge is 0.323 e. The zero-order valence-electron chi connectivity index (χ0n) is 14.6. The van der Waals surface area contributed by atoms with Gasteiger partial charge in [0.05, 0.1) is 15.6 Å². The summed E-state index contributed by atoms with van der Waals surface area (Å²) in [5, 5.41) is 6.30. The highest BCUT2D eigenvalue weighted by molar-refractivity contribution is 7.92. The molecule has 3 N–H and O–H groups in total. The van der Waals surface area contributed by atoms with Crippen LogP contribution >= 0.6 is 34.8 Å². The van der Waals surface area contributed by atoms with Crippen LogP contribution in [0.25, 0.3) is 0 Å². The molecular formula is C19H14Cl3N3O3S. The van der Waals surface area contributed by atoms with E-state index in [4.69, 9.17) is 34.8 Å². The smallest absolute Gasteiger partial charge is 0.308 e. The van der Waals surface area contributed by atoms with E-state index in [1.807, 2.05) is 0 Å². The van der Waals surface area contributed by atoms with Crippen molar-refractivity contribution in [3.63, 3.8) is 0 Å². The summed E-state index contributed by atoms with van der Waals surface area (Å²) in [4.78, 5) is 12.1. The van der Waals surface area contributed by atoms with E-state index in [0.717, 1.165) is 0 Å². The Kier molecular flexibility index (Phi) is 6.54. The zero-order valence-corrected chi connectivity index (χ0v) is 17.7. The predicted octanol–water partition coefficient (Wildman–Crippen LogP) is 6.09. The molecule has 3 aromatic rings. The van der Waals surface area contributed by atoms with Gasteiger partial charge in [-0.3, -0.25) is 4.72 Å². The Morgan fingerprint density at radius 1 is 0.759 bits per heavy atom. The molecule has 0 saturated heterocycles. The van der Waals surface area contributed by atoms with Crippen molar-refractivity contribution in [1.82, 2.24) is 0 Å². The molecular weight excluding hydrogens is 457 g/mol. The number of amides is 2. The summed E-state index contributed by atoms with van der Waals surface area (Å²) in [5.74, 6) is 0. The number of sulfonamides is 1. The third kappa shape index (κ3) is 5.77. The molecule has 0 spiro atoms. The molecule has 0 fully saturated rings. The maximum Gasteiger partial charge on any atom is 0.323 e. The first-order valence-electron chi connectivity index (χ1n) is 8.14. The highest BCUT2D eigenvalue weighted by atomic mass is 35.5. The molecule has 2 amide bonds. The van der Waals surface area contributed by atoms with Crippen LogP contribution in [0.15, 0.2) is 71.6 Å². The third-order valence-corrected chi connectivity index (χ3v) is 5.84. The summed E-state index contributed by atoms with van der Waals surface area (Å²) >= 11 is 17.7. The van der Waals surface area contributed by atoms with Gasteiger partial charge in [-0.1, -0.05) is 40.9 Å². The van der Waals surface area contributed by atoms with Crippen LogP contribution in [0.1, 0.15) is 0 Å². The first-order valence-corrected chi connectivity index (χ1v) is 10.8. The van der Waals surface area contributed by atoms with Crippen LogP contribution in [-0.2, 0) is 10.0 Å². The number of nitrogens with one attached hydrogen (secondary N) is 3. The maximum atomic E-state index is 12.5. The summed E-state index contributed by atoms with van der Waals surface area (Å²) < 4.78 is 27.5. The molecule has 0 aromatic heterocycles. The lowest BCUT2D eigenvalue weighted by molar-refractivity contribution is 0.262. The van der Waals surface area contributed by atoms with Gasteiger partial charge in [-0.2, -0.15) is 0 Å². The van der Waals surface area contributed by atoms with E-state index in [1.54, 1.807) is 24.3 Å². The predicted molar refractivity (Wildman–Crippen MR) is 118 cm³/mol. The second-order valence-electron chi connectivity index (χ2n) is 5.84. The van der Waals surface area contributed by atoms with Gasteiger partial charge in [-0.05, 0) is 60.7 Å². The highest BCUT2D eigenvalue weighted by Crippen LogP contribution is 2.28. The Hall–Kier alpha value is -2.45. The Morgan fingerprint density at radius 3 is 2.07 bits per heavy atom. The topological polar surface area (TPSA) is 87.3 Å². The van der Waals surface area contributed by atoms with E-state index >= 15 is 0 Å². The van der Waals surface area contributed by atoms with Crippen molar-refractivity contribution in [2.24, 2.45) is 0 Å². The number of rotatable bonds is 5. The maximum absolute atomic E-state index is 12.5. The van der Waals surface area contributed by atoms with E-state index in [1.165, 1.54) is 42.5 Å². The molecule has 29 heavy (non-hydrogen) atoms. The van der Waals surface area contributed by atoms with Crippen LogP contribution in [0.3, 0.4) is 0 Å². The van der Waals surface area contributed by atoms with Gasteiger partial charge in [0.15, 0.2) is 0 Å². The number of urea groups is 1. The molecule has 6 nitrogen and oxygen atoms in total. The summed E-state index contributed by atoms with van der Waals surface area (Å²) in [6.07, 6.45) is 0. The SMILES string of the molecule is O=C(Nc1ccc(S(=O)(=O)Nc2ccc(Cl)cc2Cl)cc1)Nc1cccc(Cl)c1. The van der Waals surface area contributed by atoms with E-state index in [2.05, 4.69) is 15.4 Å². The molecule has 0 heterocycles. The summed E-state index contributed by atoms with van der Waals surface area (Å²) in [6, 6.07) is 16.3. The van der Waals surface area contributed by atoms with Gasteiger partial charge >= 0.3 is 6.03 Å². The first-order chi connectivity index (χ1) is 13.7. The Bertz CT molecular complexity index is 1150. The van der Waals surface area contributed by atoms with Crippen molar-refractivity contribution in [3.8, 4) is 0 Å². The average molecular weight is 471 g/mol. The van der Waals surface area contributed by atoms with Crippen LogP contribution in [0.2, 0.25) is 15.1 Å². The molecule has 0 bridgehead atoms.